The lowest BCUT2D eigenvalue weighted by atomic mass is 9.48. The van der Waals surface area contributed by atoms with Crippen LogP contribution < -0.4 is 5.01 Å². The molecule has 2 atom stereocenters. The van der Waals surface area contributed by atoms with Crippen LogP contribution in [-0.2, 0) is 4.79 Å². The first-order valence-electron chi connectivity index (χ1n) is 11.6. The standard InChI is InChI=1S/C24H25F3N4OS/c1-13(23-9-14-6-15(10-23)8-16(7-14)11-23)28-12-17-20(24(25,26)27)30-31(21(17)32)22-29-18-4-2-3-5-19(18)33-22/h2-5,12-17H,6-11H2,1H3/t13-,14?,15?,16?,17?,23?/m1/s1. The molecule has 0 radical (unpaired) electrons. The Morgan fingerprint density at radius 2 is 1.79 bits per heavy atom. The van der Waals surface area contributed by atoms with E-state index in [1.165, 1.54) is 25.5 Å². The van der Waals surface area contributed by atoms with E-state index in [9.17, 15) is 18.0 Å². The highest BCUT2D eigenvalue weighted by Gasteiger charge is 2.54. The van der Waals surface area contributed by atoms with Crippen LogP contribution in [0.25, 0.3) is 10.2 Å². The number of carbonyl (C=O) groups is 1. The number of alkyl halides is 3. The number of anilines is 1. The molecular formula is C24H25F3N4OS. The van der Waals surface area contributed by atoms with Gasteiger partial charge in [-0.2, -0.15) is 23.3 Å². The summed E-state index contributed by atoms with van der Waals surface area (Å²) in [4.78, 5) is 22.0. The number of para-hydroxylation sites is 1. The third-order valence-corrected chi connectivity index (χ3v) is 9.17. The molecule has 33 heavy (non-hydrogen) atoms. The number of aromatic nitrogens is 1. The van der Waals surface area contributed by atoms with Gasteiger partial charge in [-0.1, -0.05) is 23.5 Å². The molecule has 5 aliphatic rings. The lowest BCUT2D eigenvalue weighted by Crippen LogP contribution is -2.50. The summed E-state index contributed by atoms with van der Waals surface area (Å²) in [7, 11) is 0. The molecule has 4 fully saturated rings. The lowest BCUT2D eigenvalue weighted by Gasteiger charge is -2.58. The SMILES string of the molecule is C[C@@H](N=CC1C(=O)N(c2nc3ccccc3s2)N=C1C(F)(F)F)C12CC3CC(CC(C3)C1)C2. The quantitative estimate of drug-likeness (QED) is 0.522. The first-order chi connectivity index (χ1) is 15.7. The van der Waals surface area contributed by atoms with Gasteiger partial charge in [0.1, 0.15) is 5.92 Å². The van der Waals surface area contributed by atoms with Gasteiger partial charge in [0, 0.05) is 6.21 Å². The Hall–Kier alpha value is -2.29. The summed E-state index contributed by atoms with van der Waals surface area (Å²) in [6.07, 6.45) is 3.68. The van der Waals surface area contributed by atoms with E-state index >= 15 is 0 Å². The molecule has 174 valence electrons. The molecular weight excluding hydrogens is 449 g/mol. The molecule has 0 saturated heterocycles. The molecule has 0 N–H and O–H groups in total. The highest BCUT2D eigenvalue weighted by atomic mass is 32.1. The Labute approximate surface area is 193 Å². The first kappa shape index (κ1) is 21.3. The topological polar surface area (TPSA) is 57.9 Å². The predicted molar refractivity (Wildman–Crippen MR) is 123 cm³/mol. The summed E-state index contributed by atoms with van der Waals surface area (Å²) < 4.78 is 42.3. The van der Waals surface area contributed by atoms with E-state index in [2.05, 4.69) is 15.1 Å². The number of amides is 1. The minimum Gasteiger partial charge on any atom is -0.293 e. The summed E-state index contributed by atoms with van der Waals surface area (Å²) in [5.74, 6) is -0.104. The zero-order valence-corrected chi connectivity index (χ0v) is 19.1. The van der Waals surface area contributed by atoms with Crippen LogP contribution in [0.2, 0.25) is 0 Å². The van der Waals surface area contributed by atoms with E-state index in [1.54, 1.807) is 12.1 Å². The molecule has 1 unspecified atom stereocenters. The van der Waals surface area contributed by atoms with E-state index in [0.29, 0.717) is 5.52 Å². The van der Waals surface area contributed by atoms with Crippen LogP contribution in [0, 0.1) is 29.1 Å². The van der Waals surface area contributed by atoms with E-state index in [4.69, 9.17) is 0 Å². The molecule has 4 aliphatic carbocycles. The first-order valence-corrected chi connectivity index (χ1v) is 12.4. The molecule has 9 heteroatoms. The number of fused-ring (bicyclic) bond motifs is 1. The van der Waals surface area contributed by atoms with E-state index in [0.717, 1.165) is 58.1 Å². The second kappa shape index (κ2) is 7.35. The van der Waals surface area contributed by atoms with Crippen molar-refractivity contribution in [1.82, 2.24) is 4.98 Å². The van der Waals surface area contributed by atoms with Gasteiger partial charge in [0.25, 0.3) is 5.91 Å². The van der Waals surface area contributed by atoms with Crippen LogP contribution in [0.1, 0.15) is 45.4 Å². The number of hydrogen-bond donors (Lipinski definition) is 0. The summed E-state index contributed by atoms with van der Waals surface area (Å²) in [6, 6.07) is 7.09. The van der Waals surface area contributed by atoms with Gasteiger partial charge in [-0.05, 0) is 80.8 Å². The summed E-state index contributed by atoms with van der Waals surface area (Å²) in [5.41, 5.74) is -0.426. The minimum absolute atomic E-state index is 0.0646. The van der Waals surface area contributed by atoms with Crippen molar-refractivity contribution >= 4 is 44.5 Å². The molecule has 1 aromatic carbocycles. The van der Waals surface area contributed by atoms with Gasteiger partial charge >= 0.3 is 6.18 Å². The largest absolute Gasteiger partial charge is 0.432 e. The fourth-order valence-corrected chi connectivity index (χ4v) is 7.91. The Morgan fingerprint density at radius 3 is 2.39 bits per heavy atom. The van der Waals surface area contributed by atoms with E-state index in [1.807, 2.05) is 19.1 Å². The van der Waals surface area contributed by atoms with Crippen LogP contribution in [-0.4, -0.2) is 35.0 Å². The fourth-order valence-electron chi connectivity index (χ4n) is 6.99. The Balaban J connectivity index is 1.28. The average molecular weight is 475 g/mol. The Bertz CT molecular complexity index is 1100. The van der Waals surface area contributed by atoms with Crippen LogP contribution in [0.4, 0.5) is 18.3 Å². The maximum Gasteiger partial charge on any atom is 0.432 e. The molecule has 4 saturated carbocycles. The minimum atomic E-state index is -4.72. The van der Waals surface area contributed by atoms with Gasteiger partial charge in [-0.25, -0.2) is 4.98 Å². The van der Waals surface area contributed by atoms with Crippen LogP contribution in [0.5, 0.6) is 0 Å². The highest BCUT2D eigenvalue weighted by Crippen LogP contribution is 2.61. The molecule has 5 nitrogen and oxygen atoms in total. The number of hydrogen-bond acceptors (Lipinski definition) is 5. The molecule has 2 heterocycles. The van der Waals surface area contributed by atoms with Crippen molar-refractivity contribution < 1.29 is 18.0 Å². The number of benzene rings is 1. The number of carbonyl (C=O) groups excluding carboxylic acids is 1. The van der Waals surface area contributed by atoms with Crippen molar-refractivity contribution in [3.63, 3.8) is 0 Å². The van der Waals surface area contributed by atoms with Crippen LogP contribution in [0.15, 0.2) is 34.4 Å². The van der Waals surface area contributed by atoms with Gasteiger partial charge in [-0.15, -0.1) is 0 Å². The molecule has 1 aromatic heterocycles. The molecule has 7 rings (SSSR count). The van der Waals surface area contributed by atoms with E-state index < -0.39 is 23.7 Å². The summed E-state index contributed by atoms with van der Waals surface area (Å²) in [6.45, 7) is 2.01. The average Bonchev–Trinajstić information content (AvgIpc) is 3.31. The number of hydrazone groups is 1. The smallest absolute Gasteiger partial charge is 0.293 e. The molecule has 4 bridgehead atoms. The van der Waals surface area contributed by atoms with Crippen molar-refractivity contribution in [2.45, 2.75) is 57.7 Å². The molecule has 2 aromatic rings. The summed E-state index contributed by atoms with van der Waals surface area (Å²) >= 11 is 1.15. The Morgan fingerprint density at radius 1 is 1.15 bits per heavy atom. The normalized spacial score (nSPS) is 34.6. The lowest BCUT2D eigenvalue weighted by molar-refractivity contribution is -0.119. The second-order valence-electron chi connectivity index (χ2n) is 10.3. The van der Waals surface area contributed by atoms with Crippen molar-refractivity contribution in [1.29, 1.82) is 0 Å². The van der Waals surface area contributed by atoms with Gasteiger partial charge < -0.3 is 0 Å². The van der Waals surface area contributed by atoms with Gasteiger partial charge in [-0.3, -0.25) is 9.79 Å². The number of halogens is 3. The van der Waals surface area contributed by atoms with Gasteiger partial charge in [0.2, 0.25) is 5.13 Å². The van der Waals surface area contributed by atoms with Gasteiger partial charge in [0.05, 0.1) is 16.3 Å². The third-order valence-electron chi connectivity index (χ3n) is 8.16. The van der Waals surface area contributed by atoms with Crippen LogP contribution >= 0.6 is 11.3 Å². The van der Waals surface area contributed by atoms with Crippen LogP contribution in [0.3, 0.4) is 0 Å². The van der Waals surface area contributed by atoms with E-state index in [-0.39, 0.29) is 16.6 Å². The van der Waals surface area contributed by atoms with Crippen molar-refractivity contribution in [2.75, 3.05) is 5.01 Å². The monoisotopic (exact) mass is 474 g/mol. The predicted octanol–water partition coefficient (Wildman–Crippen LogP) is 5.85. The van der Waals surface area contributed by atoms with Gasteiger partial charge in [0.15, 0.2) is 5.71 Å². The second-order valence-corrected chi connectivity index (χ2v) is 11.3. The molecule has 0 spiro atoms. The van der Waals surface area contributed by atoms with Crippen molar-refractivity contribution in [3.8, 4) is 0 Å². The molecule has 1 amide bonds. The zero-order chi connectivity index (χ0) is 23.0. The maximum absolute atomic E-state index is 13.8. The van der Waals surface area contributed by atoms with Crippen molar-refractivity contribution in [3.05, 3.63) is 24.3 Å². The zero-order valence-electron chi connectivity index (χ0n) is 18.3. The fraction of sp³-hybridized carbons (Fsp3) is 0.583. The molecule has 1 aliphatic heterocycles. The number of nitrogens with zero attached hydrogens (tertiary/aromatic N) is 4. The number of rotatable bonds is 4. The third kappa shape index (κ3) is 3.50. The number of aliphatic imine (C=N–C) groups is 1. The van der Waals surface area contributed by atoms with Crippen molar-refractivity contribution in [2.24, 2.45) is 39.2 Å². The highest BCUT2D eigenvalue weighted by molar-refractivity contribution is 7.22. The Kier molecular flexibility index (Phi) is 4.74. The summed E-state index contributed by atoms with van der Waals surface area (Å²) in [5, 5.41) is 4.64. The maximum atomic E-state index is 13.8. The number of thiazole rings is 1.